The Labute approximate surface area is 177 Å². The van der Waals surface area contributed by atoms with Crippen LogP contribution in [0.1, 0.15) is 39.3 Å². The predicted molar refractivity (Wildman–Crippen MR) is 108 cm³/mol. The third-order valence-electron chi connectivity index (χ3n) is 5.77. The smallest absolute Gasteiger partial charge is 0.356 e. The van der Waals surface area contributed by atoms with Crippen LogP contribution in [-0.2, 0) is 6.18 Å². The standard InChI is InChI=1S/C21H24F3N5O2/c22-21(23,24)16-3-4-19(26-13-16)28-9-7-27(8-10-28)14-18(30)15-11-17(25-12-15)20(31)29-5-1-2-6-29/h3-4,11-13,25H,1-2,5-10,14H2. The number of halogens is 3. The zero-order valence-corrected chi connectivity index (χ0v) is 17.0. The lowest BCUT2D eigenvalue weighted by atomic mass is 10.2. The minimum atomic E-state index is -4.40. The highest BCUT2D eigenvalue weighted by Gasteiger charge is 2.31. The number of H-pyrrole nitrogens is 1. The molecule has 0 radical (unpaired) electrons. The number of carbonyl (C=O) groups excluding carboxylic acids is 2. The lowest BCUT2D eigenvalue weighted by molar-refractivity contribution is -0.137. The van der Waals surface area contributed by atoms with Gasteiger partial charge in [0.15, 0.2) is 5.78 Å². The van der Waals surface area contributed by atoms with Crippen molar-refractivity contribution in [2.24, 2.45) is 0 Å². The third kappa shape index (κ3) is 4.90. The van der Waals surface area contributed by atoms with Crippen LogP contribution in [0.5, 0.6) is 0 Å². The summed E-state index contributed by atoms with van der Waals surface area (Å²) in [7, 11) is 0. The molecule has 4 rings (SSSR count). The molecule has 0 spiro atoms. The average molecular weight is 435 g/mol. The van der Waals surface area contributed by atoms with E-state index in [1.54, 1.807) is 17.2 Å². The maximum Gasteiger partial charge on any atom is 0.417 e. The molecule has 166 valence electrons. The van der Waals surface area contributed by atoms with Crippen LogP contribution in [0.15, 0.2) is 30.6 Å². The molecule has 4 heterocycles. The van der Waals surface area contributed by atoms with Crippen LogP contribution in [-0.4, -0.2) is 77.3 Å². The Balaban J connectivity index is 1.29. The Kier molecular flexibility index (Phi) is 5.99. The lowest BCUT2D eigenvalue weighted by Crippen LogP contribution is -2.48. The van der Waals surface area contributed by atoms with Gasteiger partial charge in [-0.25, -0.2) is 4.98 Å². The maximum absolute atomic E-state index is 12.7. The van der Waals surface area contributed by atoms with Gasteiger partial charge in [-0.05, 0) is 31.0 Å². The van der Waals surface area contributed by atoms with Gasteiger partial charge in [0.2, 0.25) is 0 Å². The molecule has 2 aromatic heterocycles. The molecule has 0 atom stereocenters. The summed E-state index contributed by atoms with van der Waals surface area (Å²) >= 11 is 0. The first kappa shape index (κ1) is 21.4. The molecule has 0 unspecified atom stereocenters. The summed E-state index contributed by atoms with van der Waals surface area (Å²) in [6.07, 6.45) is 0.0341. The van der Waals surface area contributed by atoms with Crippen LogP contribution >= 0.6 is 0 Å². The summed E-state index contributed by atoms with van der Waals surface area (Å²) in [4.78, 5) is 37.6. The van der Waals surface area contributed by atoms with Crippen molar-refractivity contribution in [3.63, 3.8) is 0 Å². The van der Waals surface area contributed by atoms with Crippen LogP contribution in [0.3, 0.4) is 0 Å². The van der Waals surface area contributed by atoms with E-state index in [1.807, 2.05) is 9.80 Å². The molecule has 0 aliphatic carbocycles. The first-order chi connectivity index (χ1) is 14.8. The molecule has 2 aromatic rings. The van der Waals surface area contributed by atoms with Crippen molar-refractivity contribution in [1.82, 2.24) is 19.8 Å². The molecule has 0 bridgehead atoms. The minimum absolute atomic E-state index is 0.0715. The number of Topliss-reactive ketones (excluding diaryl/α,β-unsaturated/α-hetero) is 1. The molecule has 2 aliphatic heterocycles. The van der Waals surface area contributed by atoms with Gasteiger partial charge >= 0.3 is 6.18 Å². The zero-order chi connectivity index (χ0) is 22.0. The number of nitrogens with one attached hydrogen (secondary N) is 1. The number of nitrogens with zero attached hydrogens (tertiary/aromatic N) is 4. The normalized spacial score (nSPS) is 17.9. The van der Waals surface area contributed by atoms with Crippen molar-refractivity contribution in [1.29, 1.82) is 0 Å². The molecule has 7 nitrogen and oxygen atoms in total. The van der Waals surface area contributed by atoms with E-state index in [1.165, 1.54) is 6.07 Å². The summed E-state index contributed by atoms with van der Waals surface area (Å²) in [5.74, 6) is 0.349. The second-order valence-corrected chi connectivity index (χ2v) is 7.89. The molecule has 1 N–H and O–H groups in total. The van der Waals surface area contributed by atoms with E-state index in [9.17, 15) is 22.8 Å². The fourth-order valence-electron chi connectivity index (χ4n) is 3.94. The molecule has 0 aromatic carbocycles. The number of aromatic amines is 1. The summed E-state index contributed by atoms with van der Waals surface area (Å²) in [5, 5.41) is 0. The minimum Gasteiger partial charge on any atom is -0.356 e. The number of amides is 1. The van der Waals surface area contributed by atoms with Gasteiger partial charge in [-0.15, -0.1) is 0 Å². The molecule has 31 heavy (non-hydrogen) atoms. The number of anilines is 1. The first-order valence-electron chi connectivity index (χ1n) is 10.3. The van der Waals surface area contributed by atoms with Crippen molar-refractivity contribution in [2.75, 3.05) is 50.7 Å². The van der Waals surface area contributed by atoms with E-state index >= 15 is 0 Å². The first-order valence-corrected chi connectivity index (χ1v) is 10.3. The Morgan fingerprint density at radius 2 is 1.74 bits per heavy atom. The Hall–Kier alpha value is -2.88. The number of likely N-dealkylation sites (tertiary alicyclic amines) is 1. The molecule has 2 fully saturated rings. The van der Waals surface area contributed by atoms with E-state index in [2.05, 4.69) is 9.97 Å². The fraction of sp³-hybridized carbons (Fsp3) is 0.476. The second-order valence-electron chi connectivity index (χ2n) is 7.89. The summed E-state index contributed by atoms with van der Waals surface area (Å²) in [5.41, 5.74) is 0.146. The molecule has 10 heteroatoms. The van der Waals surface area contributed by atoms with Gasteiger partial charge < -0.3 is 14.8 Å². The second kappa shape index (κ2) is 8.70. The Morgan fingerprint density at radius 3 is 2.35 bits per heavy atom. The number of hydrogen-bond acceptors (Lipinski definition) is 5. The molecule has 2 saturated heterocycles. The number of carbonyl (C=O) groups is 2. The molecule has 1 amide bonds. The Morgan fingerprint density at radius 1 is 1.03 bits per heavy atom. The summed E-state index contributed by atoms with van der Waals surface area (Å²) in [6, 6.07) is 4.03. The summed E-state index contributed by atoms with van der Waals surface area (Å²) in [6.45, 7) is 4.05. The van der Waals surface area contributed by atoms with Crippen molar-refractivity contribution in [3.05, 3.63) is 47.4 Å². The monoisotopic (exact) mass is 435 g/mol. The van der Waals surface area contributed by atoms with E-state index in [0.29, 0.717) is 43.3 Å². The highest BCUT2D eigenvalue weighted by molar-refractivity contribution is 6.01. The number of alkyl halides is 3. The van der Waals surface area contributed by atoms with Gasteiger partial charge in [0, 0.05) is 57.2 Å². The SMILES string of the molecule is O=C(CN1CCN(c2ccc(C(F)(F)F)cn2)CC1)c1c[nH]c(C(=O)N2CCCC2)c1. The van der Waals surface area contributed by atoms with Gasteiger partial charge in [0.25, 0.3) is 5.91 Å². The van der Waals surface area contributed by atoms with Crippen molar-refractivity contribution >= 4 is 17.5 Å². The highest BCUT2D eigenvalue weighted by Crippen LogP contribution is 2.29. The fourth-order valence-corrected chi connectivity index (χ4v) is 3.94. The van der Waals surface area contributed by atoms with Crippen molar-refractivity contribution < 1.29 is 22.8 Å². The largest absolute Gasteiger partial charge is 0.417 e. The molecular weight excluding hydrogens is 411 g/mol. The molecular formula is C21H24F3N5O2. The number of piperazine rings is 1. The van der Waals surface area contributed by atoms with Crippen LogP contribution < -0.4 is 4.90 Å². The topological polar surface area (TPSA) is 72.5 Å². The zero-order valence-electron chi connectivity index (χ0n) is 17.0. The predicted octanol–water partition coefficient (Wildman–Crippen LogP) is 2.67. The number of pyridine rings is 1. The van der Waals surface area contributed by atoms with E-state index in [0.717, 1.165) is 38.2 Å². The van der Waals surface area contributed by atoms with Gasteiger partial charge in [-0.3, -0.25) is 14.5 Å². The van der Waals surface area contributed by atoms with Crippen LogP contribution in [0.25, 0.3) is 0 Å². The van der Waals surface area contributed by atoms with Crippen molar-refractivity contribution in [2.45, 2.75) is 19.0 Å². The van der Waals surface area contributed by atoms with Crippen LogP contribution in [0.2, 0.25) is 0 Å². The molecule has 0 saturated carbocycles. The van der Waals surface area contributed by atoms with Gasteiger partial charge in [-0.2, -0.15) is 13.2 Å². The highest BCUT2D eigenvalue weighted by atomic mass is 19.4. The van der Waals surface area contributed by atoms with Crippen LogP contribution in [0, 0.1) is 0 Å². The van der Waals surface area contributed by atoms with Gasteiger partial charge in [0.05, 0.1) is 12.1 Å². The number of rotatable bonds is 5. The maximum atomic E-state index is 12.7. The van der Waals surface area contributed by atoms with Crippen LogP contribution in [0.4, 0.5) is 19.0 Å². The number of hydrogen-bond donors (Lipinski definition) is 1. The van der Waals surface area contributed by atoms with E-state index < -0.39 is 11.7 Å². The molecule has 2 aliphatic rings. The van der Waals surface area contributed by atoms with Gasteiger partial charge in [-0.1, -0.05) is 0 Å². The van der Waals surface area contributed by atoms with E-state index in [4.69, 9.17) is 0 Å². The lowest BCUT2D eigenvalue weighted by Gasteiger charge is -2.35. The van der Waals surface area contributed by atoms with Gasteiger partial charge in [0.1, 0.15) is 11.5 Å². The number of aromatic nitrogens is 2. The average Bonchev–Trinajstić information content (AvgIpc) is 3.46. The number of ketones is 1. The quantitative estimate of drug-likeness (QED) is 0.732. The van der Waals surface area contributed by atoms with Crippen molar-refractivity contribution in [3.8, 4) is 0 Å². The van der Waals surface area contributed by atoms with E-state index in [-0.39, 0.29) is 18.2 Å². The summed E-state index contributed by atoms with van der Waals surface area (Å²) < 4.78 is 38.0. The Bertz CT molecular complexity index is 927. The third-order valence-corrected chi connectivity index (χ3v) is 5.77.